The molecule has 7 nitrogen and oxygen atoms in total. The molecule has 28 heavy (non-hydrogen) atoms. The van der Waals surface area contributed by atoms with Gasteiger partial charge in [-0.2, -0.15) is 0 Å². The number of nitro benzene ring substituents is 1. The number of carbonyl (C=O) groups excluding carboxylic acids is 2. The molecule has 0 spiro atoms. The Bertz CT molecular complexity index is 895. The number of hydrogen-bond donors (Lipinski definition) is 2. The maximum atomic E-state index is 12.1. The minimum atomic E-state index is -0.567. The summed E-state index contributed by atoms with van der Waals surface area (Å²) in [7, 11) is 0. The van der Waals surface area contributed by atoms with Crippen LogP contribution in [0.25, 0.3) is 0 Å². The zero-order valence-corrected chi connectivity index (χ0v) is 16.6. The van der Waals surface area contributed by atoms with Crippen LogP contribution in [0.15, 0.2) is 29.6 Å². The third-order valence-corrected chi connectivity index (χ3v) is 6.64. The van der Waals surface area contributed by atoms with Gasteiger partial charge in [0.15, 0.2) is 6.29 Å². The van der Waals surface area contributed by atoms with Gasteiger partial charge in [0.25, 0.3) is 5.69 Å². The number of thiophene rings is 1. The third-order valence-electron chi connectivity index (χ3n) is 5.29. The molecule has 0 radical (unpaired) electrons. The Kier molecular flexibility index (Phi) is 6.33. The van der Waals surface area contributed by atoms with Crippen molar-refractivity contribution in [3.63, 3.8) is 0 Å². The lowest BCUT2D eigenvalue weighted by molar-refractivity contribution is -0.385. The minimum absolute atomic E-state index is 0.0295. The van der Waals surface area contributed by atoms with E-state index in [1.54, 1.807) is 29.5 Å². The van der Waals surface area contributed by atoms with E-state index in [9.17, 15) is 19.7 Å². The summed E-state index contributed by atoms with van der Waals surface area (Å²) in [5.41, 5.74) is 2.90. The number of para-hydroxylation sites is 1. The van der Waals surface area contributed by atoms with Gasteiger partial charge in [-0.05, 0) is 23.4 Å². The topological polar surface area (TPSA) is 101 Å². The lowest BCUT2D eigenvalue weighted by atomic mass is 9.86. The first-order valence-corrected chi connectivity index (χ1v) is 10.1. The van der Waals surface area contributed by atoms with Crippen LogP contribution in [-0.2, 0) is 16.0 Å². The second kappa shape index (κ2) is 8.72. The van der Waals surface area contributed by atoms with E-state index in [1.807, 2.05) is 19.2 Å². The number of aldehydes is 1. The number of nitrogens with one attached hydrogen (secondary N) is 2. The predicted octanol–water partition coefficient (Wildman–Crippen LogP) is 2.36. The molecule has 3 rings (SSSR count). The van der Waals surface area contributed by atoms with Gasteiger partial charge in [-0.25, -0.2) is 0 Å². The molecule has 0 amide bonds. The highest BCUT2D eigenvalue weighted by atomic mass is 32.1. The largest absolute Gasteiger partial charge is 0.310 e. The maximum Gasteiger partial charge on any atom is 0.272 e. The lowest BCUT2D eigenvalue weighted by Crippen LogP contribution is -2.61. The van der Waals surface area contributed by atoms with Crippen molar-refractivity contribution in [3.05, 3.63) is 61.3 Å². The number of aryl methyl sites for hydroxylation is 1. The van der Waals surface area contributed by atoms with Crippen LogP contribution in [0.5, 0.6) is 0 Å². The number of Topliss-reactive ketones (excluding diaryl/α,β-unsaturated/α-hetero) is 1. The molecule has 2 heterocycles. The quantitative estimate of drug-likeness (QED) is 0.320. The van der Waals surface area contributed by atoms with Gasteiger partial charge in [-0.15, -0.1) is 11.3 Å². The van der Waals surface area contributed by atoms with Gasteiger partial charge in [0.1, 0.15) is 0 Å². The van der Waals surface area contributed by atoms with E-state index in [0.717, 1.165) is 16.0 Å². The van der Waals surface area contributed by atoms with E-state index in [4.69, 9.17) is 0 Å². The van der Waals surface area contributed by atoms with Crippen LogP contribution in [0.4, 0.5) is 5.69 Å². The first-order chi connectivity index (χ1) is 13.4. The molecular weight excluding hydrogens is 378 g/mol. The van der Waals surface area contributed by atoms with E-state index in [0.29, 0.717) is 31.4 Å². The number of nitro groups is 1. The number of piperazine rings is 1. The molecule has 1 aromatic carbocycles. The Morgan fingerprint density at radius 1 is 1.36 bits per heavy atom. The number of carbonyl (C=O) groups is 2. The van der Waals surface area contributed by atoms with Crippen molar-refractivity contribution in [2.45, 2.75) is 38.3 Å². The Morgan fingerprint density at radius 2 is 2.07 bits per heavy atom. The van der Waals surface area contributed by atoms with Crippen LogP contribution in [0.2, 0.25) is 0 Å². The predicted molar refractivity (Wildman–Crippen MR) is 108 cm³/mol. The average Bonchev–Trinajstić information content (AvgIpc) is 3.07. The summed E-state index contributed by atoms with van der Waals surface area (Å²) < 4.78 is 0. The number of benzene rings is 1. The molecule has 3 atom stereocenters. The maximum absolute atomic E-state index is 12.1. The highest BCUT2D eigenvalue weighted by molar-refractivity contribution is 7.10. The molecule has 1 aliphatic heterocycles. The fraction of sp³-hybridized carbons (Fsp3) is 0.400. The third kappa shape index (κ3) is 4.04. The number of nitrogens with zero attached hydrogens (tertiary/aromatic N) is 1. The molecule has 148 valence electrons. The van der Waals surface area contributed by atoms with Gasteiger partial charge < -0.3 is 10.6 Å². The molecule has 0 saturated carbocycles. The second-order valence-corrected chi connectivity index (χ2v) is 7.96. The summed E-state index contributed by atoms with van der Waals surface area (Å²) >= 11 is 1.60. The van der Waals surface area contributed by atoms with Crippen LogP contribution in [0.1, 0.15) is 34.4 Å². The fourth-order valence-corrected chi connectivity index (χ4v) is 5.00. The van der Waals surface area contributed by atoms with Crippen molar-refractivity contribution in [1.82, 2.24) is 10.6 Å². The van der Waals surface area contributed by atoms with E-state index in [2.05, 4.69) is 10.6 Å². The summed E-state index contributed by atoms with van der Waals surface area (Å²) in [6.45, 7) is 5.36. The zero-order chi connectivity index (χ0) is 20.3. The number of rotatable bonds is 7. The standard InChI is InChI=1S/C20H23N3O4S/c1-12-11-28-20(13(2)18-19(17(25)10-24)22-8-7-21-18)15(12)9-14-5-3-4-6-16(14)23(26)27/h3-6,10-11,13,18-19,21-22H,7-9H2,1-2H3. The molecule has 1 aliphatic rings. The first-order valence-electron chi connectivity index (χ1n) is 9.19. The normalized spacial score (nSPS) is 20.5. The van der Waals surface area contributed by atoms with Gasteiger partial charge in [-0.3, -0.25) is 19.7 Å². The van der Waals surface area contributed by atoms with Crippen molar-refractivity contribution < 1.29 is 14.5 Å². The van der Waals surface area contributed by atoms with Crippen molar-refractivity contribution >= 4 is 29.1 Å². The average molecular weight is 401 g/mol. The smallest absolute Gasteiger partial charge is 0.272 e. The Labute approximate surface area is 167 Å². The molecule has 0 aliphatic carbocycles. The van der Waals surface area contributed by atoms with Crippen molar-refractivity contribution in [2.75, 3.05) is 13.1 Å². The molecule has 8 heteroatoms. The molecule has 3 unspecified atom stereocenters. The van der Waals surface area contributed by atoms with E-state index < -0.39 is 11.8 Å². The van der Waals surface area contributed by atoms with Gasteiger partial charge in [0, 0.05) is 48.0 Å². The van der Waals surface area contributed by atoms with Crippen LogP contribution in [0.3, 0.4) is 0 Å². The zero-order valence-electron chi connectivity index (χ0n) is 15.8. The van der Waals surface area contributed by atoms with Gasteiger partial charge in [-0.1, -0.05) is 25.1 Å². The van der Waals surface area contributed by atoms with Crippen LogP contribution in [-0.4, -0.2) is 42.2 Å². The van der Waals surface area contributed by atoms with Crippen LogP contribution < -0.4 is 10.6 Å². The Balaban J connectivity index is 1.93. The molecule has 1 aromatic heterocycles. The van der Waals surface area contributed by atoms with Gasteiger partial charge in [0.05, 0.1) is 11.0 Å². The van der Waals surface area contributed by atoms with Crippen molar-refractivity contribution in [1.29, 1.82) is 0 Å². The molecule has 1 fully saturated rings. The van der Waals surface area contributed by atoms with Crippen LogP contribution >= 0.6 is 11.3 Å². The monoisotopic (exact) mass is 401 g/mol. The number of ketones is 1. The highest BCUT2D eigenvalue weighted by Crippen LogP contribution is 2.35. The van der Waals surface area contributed by atoms with Gasteiger partial charge in [0.2, 0.25) is 5.78 Å². The SMILES string of the molecule is Cc1csc(C(C)C2NCCNC2C(=O)C=O)c1Cc1ccccc1[N+](=O)[O-]. The molecule has 2 N–H and O–H groups in total. The lowest BCUT2D eigenvalue weighted by Gasteiger charge is -2.35. The number of hydrogen-bond acceptors (Lipinski definition) is 7. The second-order valence-electron chi connectivity index (χ2n) is 7.04. The van der Waals surface area contributed by atoms with E-state index in [-0.39, 0.29) is 22.6 Å². The molecular formula is C20H23N3O4S. The minimum Gasteiger partial charge on any atom is -0.310 e. The van der Waals surface area contributed by atoms with Gasteiger partial charge >= 0.3 is 0 Å². The van der Waals surface area contributed by atoms with Crippen molar-refractivity contribution in [2.24, 2.45) is 0 Å². The molecule has 1 saturated heterocycles. The Hall–Kier alpha value is -2.42. The summed E-state index contributed by atoms with van der Waals surface area (Å²) in [6.07, 6.45) is 0.830. The fourth-order valence-electron chi connectivity index (χ4n) is 3.82. The summed E-state index contributed by atoms with van der Waals surface area (Å²) in [6, 6.07) is 5.99. The van der Waals surface area contributed by atoms with Crippen molar-refractivity contribution in [3.8, 4) is 0 Å². The van der Waals surface area contributed by atoms with E-state index >= 15 is 0 Å². The Morgan fingerprint density at radius 3 is 2.79 bits per heavy atom. The summed E-state index contributed by atoms with van der Waals surface area (Å²) in [4.78, 5) is 35.2. The summed E-state index contributed by atoms with van der Waals surface area (Å²) in [5, 5.41) is 19.9. The highest BCUT2D eigenvalue weighted by Gasteiger charge is 2.36. The summed E-state index contributed by atoms with van der Waals surface area (Å²) in [5.74, 6) is -0.490. The first kappa shape index (κ1) is 20.3. The van der Waals surface area contributed by atoms with E-state index in [1.165, 1.54) is 6.07 Å². The molecule has 0 bridgehead atoms. The van der Waals surface area contributed by atoms with Crippen LogP contribution in [0, 0.1) is 17.0 Å². The molecule has 2 aromatic rings.